The summed E-state index contributed by atoms with van der Waals surface area (Å²) in [6.45, 7) is 6.03. The number of aryl methyl sites for hydroxylation is 1. The normalized spacial score (nSPS) is 13.8. The van der Waals surface area contributed by atoms with Gasteiger partial charge in [0, 0.05) is 23.5 Å². The average molecular weight is 329 g/mol. The molecule has 4 nitrogen and oxygen atoms in total. The molecule has 0 aliphatic carbocycles. The van der Waals surface area contributed by atoms with Gasteiger partial charge in [-0.1, -0.05) is 30.3 Å². The minimum atomic E-state index is 0.792. The Bertz CT molecular complexity index is 1100. The number of rotatable bonds is 2. The highest BCUT2D eigenvalue weighted by atomic mass is 16.3. The van der Waals surface area contributed by atoms with Gasteiger partial charge in [-0.15, -0.1) is 0 Å². The molecule has 1 aliphatic heterocycles. The zero-order valence-corrected chi connectivity index (χ0v) is 14.4. The van der Waals surface area contributed by atoms with Crippen molar-refractivity contribution >= 4 is 39.1 Å². The molecule has 0 saturated heterocycles. The number of pyridine rings is 1. The summed E-state index contributed by atoms with van der Waals surface area (Å²) in [5.74, 6) is 1.04. The summed E-state index contributed by atoms with van der Waals surface area (Å²) in [4.78, 5) is 9.21. The van der Waals surface area contributed by atoms with Crippen LogP contribution in [0.5, 0.6) is 0 Å². The summed E-state index contributed by atoms with van der Waals surface area (Å²) in [5, 5.41) is 2.33. The van der Waals surface area contributed by atoms with Crippen LogP contribution in [0.25, 0.3) is 21.9 Å². The van der Waals surface area contributed by atoms with Crippen LogP contribution in [0.15, 0.2) is 59.1 Å². The smallest absolute Gasteiger partial charge is 0.159 e. The summed E-state index contributed by atoms with van der Waals surface area (Å²) >= 11 is 0. The van der Waals surface area contributed by atoms with Crippen LogP contribution in [-0.4, -0.2) is 18.2 Å². The van der Waals surface area contributed by atoms with Crippen LogP contribution in [0.1, 0.15) is 12.5 Å². The fourth-order valence-corrected chi connectivity index (χ4v) is 3.81. The van der Waals surface area contributed by atoms with Gasteiger partial charge in [-0.25, -0.2) is 4.98 Å². The zero-order valence-electron chi connectivity index (χ0n) is 14.4. The van der Waals surface area contributed by atoms with Gasteiger partial charge in [-0.05, 0) is 37.6 Å². The molecule has 0 bridgehead atoms. The Labute approximate surface area is 146 Å². The van der Waals surface area contributed by atoms with E-state index in [9.17, 15) is 0 Å². The fourth-order valence-electron chi connectivity index (χ4n) is 3.81. The van der Waals surface area contributed by atoms with Gasteiger partial charge in [0.05, 0.1) is 18.0 Å². The van der Waals surface area contributed by atoms with Gasteiger partial charge >= 0.3 is 0 Å². The Balaban J connectivity index is 1.80. The lowest BCUT2D eigenvalue weighted by atomic mass is 10.1. The summed E-state index contributed by atoms with van der Waals surface area (Å²) in [7, 11) is 0. The average Bonchev–Trinajstić information content (AvgIpc) is 3.20. The van der Waals surface area contributed by atoms with E-state index in [0.29, 0.717) is 0 Å². The minimum absolute atomic E-state index is 0.792. The highest BCUT2D eigenvalue weighted by molar-refractivity contribution is 6.10. The van der Waals surface area contributed by atoms with Crippen LogP contribution in [0, 0.1) is 6.92 Å². The quantitative estimate of drug-likeness (QED) is 0.504. The van der Waals surface area contributed by atoms with Gasteiger partial charge in [-0.3, -0.25) is 0 Å². The maximum Gasteiger partial charge on any atom is 0.159 e. The molecule has 5 rings (SSSR count). The lowest BCUT2D eigenvalue weighted by Crippen LogP contribution is -2.28. The van der Waals surface area contributed by atoms with E-state index in [1.165, 1.54) is 5.56 Å². The number of hydrogen-bond acceptors (Lipinski definition) is 4. The first-order valence-electron chi connectivity index (χ1n) is 8.66. The van der Waals surface area contributed by atoms with E-state index in [0.717, 1.165) is 52.3 Å². The molecule has 0 radical (unpaired) electrons. The molecule has 0 spiro atoms. The maximum atomic E-state index is 6.28. The third kappa shape index (κ3) is 1.97. The number of anilines is 3. The third-order valence-corrected chi connectivity index (χ3v) is 5.04. The van der Waals surface area contributed by atoms with E-state index in [1.807, 2.05) is 24.4 Å². The summed E-state index contributed by atoms with van der Waals surface area (Å²) in [6, 6.07) is 16.7. The predicted octanol–water partition coefficient (Wildman–Crippen LogP) is 5.22. The monoisotopic (exact) mass is 329 g/mol. The van der Waals surface area contributed by atoms with Crippen LogP contribution in [0.2, 0.25) is 0 Å². The van der Waals surface area contributed by atoms with Gasteiger partial charge in [0.15, 0.2) is 11.4 Å². The molecule has 0 N–H and O–H groups in total. The van der Waals surface area contributed by atoms with Crippen molar-refractivity contribution in [3.05, 3.63) is 60.3 Å². The molecule has 4 aromatic rings. The second-order valence-electron chi connectivity index (χ2n) is 6.48. The van der Waals surface area contributed by atoms with Crippen molar-refractivity contribution in [3.8, 4) is 0 Å². The van der Waals surface area contributed by atoms with Gasteiger partial charge in [0.25, 0.3) is 0 Å². The van der Waals surface area contributed by atoms with Crippen molar-refractivity contribution in [1.29, 1.82) is 0 Å². The van der Waals surface area contributed by atoms with Crippen molar-refractivity contribution < 1.29 is 4.42 Å². The second-order valence-corrected chi connectivity index (χ2v) is 6.48. The topological polar surface area (TPSA) is 32.5 Å². The molecule has 1 aliphatic rings. The molecule has 25 heavy (non-hydrogen) atoms. The van der Waals surface area contributed by atoms with Crippen LogP contribution in [0.4, 0.5) is 17.2 Å². The molecule has 3 heterocycles. The SMILES string of the molecule is CCN1CN(c2c(C)ccc3c2oc2ccccc23)c2cccnc21. The molecule has 2 aromatic carbocycles. The van der Waals surface area contributed by atoms with E-state index in [-0.39, 0.29) is 0 Å². The molecule has 0 atom stereocenters. The van der Waals surface area contributed by atoms with Crippen molar-refractivity contribution in [1.82, 2.24) is 4.98 Å². The number of para-hydroxylation sites is 1. The molecule has 124 valence electrons. The largest absolute Gasteiger partial charge is 0.454 e. The fraction of sp³-hybridized carbons (Fsp3) is 0.190. The molecule has 0 fully saturated rings. The Kier molecular flexibility index (Phi) is 3.01. The van der Waals surface area contributed by atoms with Gasteiger partial charge in [0.1, 0.15) is 5.58 Å². The number of nitrogens with zero attached hydrogens (tertiary/aromatic N) is 3. The molecule has 2 aromatic heterocycles. The standard InChI is InChI=1S/C21H19N3O/c1-3-23-13-24(17-8-6-12-22-21(17)23)19-14(2)10-11-16-15-7-4-5-9-18(15)25-20(16)19/h4-12H,3,13H2,1-2H3. The van der Waals surface area contributed by atoms with Crippen molar-refractivity contribution in [2.45, 2.75) is 13.8 Å². The first kappa shape index (κ1) is 14.3. The van der Waals surface area contributed by atoms with Gasteiger partial charge < -0.3 is 14.2 Å². The zero-order chi connectivity index (χ0) is 17.0. The Morgan fingerprint density at radius 1 is 1.04 bits per heavy atom. The summed E-state index contributed by atoms with van der Waals surface area (Å²) in [6.07, 6.45) is 1.86. The number of aromatic nitrogens is 1. The van der Waals surface area contributed by atoms with Crippen LogP contribution >= 0.6 is 0 Å². The number of hydrogen-bond donors (Lipinski definition) is 0. The molecule has 0 unspecified atom stereocenters. The van der Waals surface area contributed by atoms with E-state index >= 15 is 0 Å². The van der Waals surface area contributed by atoms with Gasteiger partial charge in [0.2, 0.25) is 0 Å². The number of fused-ring (bicyclic) bond motifs is 4. The highest BCUT2D eigenvalue weighted by Crippen LogP contribution is 2.44. The van der Waals surface area contributed by atoms with E-state index in [1.54, 1.807) is 0 Å². The van der Waals surface area contributed by atoms with E-state index < -0.39 is 0 Å². The molecule has 0 amide bonds. The van der Waals surface area contributed by atoms with Crippen molar-refractivity contribution in [3.63, 3.8) is 0 Å². The number of benzene rings is 2. The van der Waals surface area contributed by atoms with E-state index in [4.69, 9.17) is 4.42 Å². The summed E-state index contributed by atoms with van der Waals surface area (Å²) in [5.41, 5.74) is 5.37. The Morgan fingerprint density at radius 3 is 2.80 bits per heavy atom. The molecular formula is C21H19N3O. The lowest BCUT2D eigenvalue weighted by Gasteiger charge is -2.22. The Hall–Kier alpha value is -3.01. The maximum absolute atomic E-state index is 6.28. The highest BCUT2D eigenvalue weighted by Gasteiger charge is 2.30. The molecule has 0 saturated carbocycles. The van der Waals surface area contributed by atoms with E-state index in [2.05, 4.69) is 59.0 Å². The minimum Gasteiger partial charge on any atom is -0.454 e. The lowest BCUT2D eigenvalue weighted by molar-refractivity contribution is 0.667. The first-order valence-corrected chi connectivity index (χ1v) is 8.66. The van der Waals surface area contributed by atoms with Crippen LogP contribution in [-0.2, 0) is 0 Å². The molecular weight excluding hydrogens is 310 g/mol. The van der Waals surface area contributed by atoms with Crippen LogP contribution < -0.4 is 9.80 Å². The van der Waals surface area contributed by atoms with Crippen molar-refractivity contribution in [2.24, 2.45) is 0 Å². The summed E-state index contributed by atoms with van der Waals surface area (Å²) < 4.78 is 6.28. The molecule has 4 heteroatoms. The second kappa shape index (κ2) is 5.24. The first-order chi connectivity index (χ1) is 12.3. The number of furan rings is 1. The van der Waals surface area contributed by atoms with Gasteiger partial charge in [-0.2, -0.15) is 0 Å². The predicted molar refractivity (Wildman–Crippen MR) is 103 cm³/mol. The Morgan fingerprint density at radius 2 is 1.92 bits per heavy atom. The van der Waals surface area contributed by atoms with Crippen molar-refractivity contribution in [2.75, 3.05) is 23.0 Å². The third-order valence-electron chi connectivity index (χ3n) is 5.04. The van der Waals surface area contributed by atoms with Crippen LogP contribution in [0.3, 0.4) is 0 Å².